The first kappa shape index (κ1) is 24.5. The number of halogens is 4. The molecule has 1 aliphatic rings. The number of nitrogens with zero attached hydrogens (tertiary/aromatic N) is 1. The predicted molar refractivity (Wildman–Crippen MR) is 103 cm³/mol. The molecule has 1 amide bonds. The van der Waals surface area contributed by atoms with Crippen LogP contribution in [0.25, 0.3) is 0 Å². The Kier molecular flexibility index (Phi) is 10.1. The molecule has 0 aliphatic carbocycles. The van der Waals surface area contributed by atoms with Crippen LogP contribution in [-0.2, 0) is 11.0 Å². The first-order chi connectivity index (χ1) is 12.8. The van der Waals surface area contributed by atoms with Gasteiger partial charge in [-0.2, -0.15) is 13.2 Å². The van der Waals surface area contributed by atoms with E-state index in [2.05, 4.69) is 5.32 Å². The van der Waals surface area contributed by atoms with E-state index in [1.165, 1.54) is 23.1 Å². The van der Waals surface area contributed by atoms with Gasteiger partial charge in [0.1, 0.15) is 18.5 Å². The number of aliphatic hydroxyl groups is 1. The summed E-state index contributed by atoms with van der Waals surface area (Å²) in [4.78, 5) is 13.6. The molecular weight excluding hydrogens is 397 g/mol. The fourth-order valence-electron chi connectivity index (χ4n) is 3.17. The van der Waals surface area contributed by atoms with Gasteiger partial charge < -0.3 is 20.1 Å². The van der Waals surface area contributed by atoms with Gasteiger partial charge in [-0.3, -0.25) is 4.79 Å². The predicted octanol–water partition coefficient (Wildman–Crippen LogP) is 3.11. The second-order valence-corrected chi connectivity index (χ2v) is 6.97. The van der Waals surface area contributed by atoms with Gasteiger partial charge in [-0.05, 0) is 50.4 Å². The lowest BCUT2D eigenvalue weighted by Crippen LogP contribution is -2.37. The number of rotatable bonds is 8. The van der Waals surface area contributed by atoms with Gasteiger partial charge in [0.25, 0.3) is 0 Å². The summed E-state index contributed by atoms with van der Waals surface area (Å²) in [6.45, 7) is 1.65. The van der Waals surface area contributed by atoms with Crippen molar-refractivity contribution in [3.8, 4) is 5.75 Å². The van der Waals surface area contributed by atoms with Crippen molar-refractivity contribution in [2.75, 3.05) is 33.3 Å². The molecule has 0 bridgehead atoms. The summed E-state index contributed by atoms with van der Waals surface area (Å²) in [5, 5.41) is 13.3. The fourth-order valence-corrected chi connectivity index (χ4v) is 3.17. The Hall–Kier alpha value is -1.51. The van der Waals surface area contributed by atoms with Crippen LogP contribution in [0.15, 0.2) is 24.3 Å². The molecule has 0 spiro atoms. The number of para-hydroxylation sites is 1. The van der Waals surface area contributed by atoms with Gasteiger partial charge in [-0.1, -0.05) is 12.1 Å². The van der Waals surface area contributed by atoms with Crippen molar-refractivity contribution in [3.05, 3.63) is 29.8 Å². The average Bonchev–Trinajstić information content (AvgIpc) is 2.64. The molecule has 2 N–H and O–H groups in total. The van der Waals surface area contributed by atoms with Gasteiger partial charge in [0.15, 0.2) is 0 Å². The molecule has 1 fully saturated rings. The number of alkyl halides is 3. The second kappa shape index (κ2) is 11.5. The van der Waals surface area contributed by atoms with Gasteiger partial charge in [0, 0.05) is 20.0 Å². The fraction of sp³-hybridized carbons (Fsp3) is 0.632. The molecule has 1 aliphatic heterocycles. The van der Waals surface area contributed by atoms with E-state index in [-0.39, 0.29) is 37.2 Å². The summed E-state index contributed by atoms with van der Waals surface area (Å²) in [5.41, 5.74) is -0.886. The van der Waals surface area contributed by atoms with Gasteiger partial charge in [-0.15, -0.1) is 12.4 Å². The van der Waals surface area contributed by atoms with Crippen molar-refractivity contribution in [3.63, 3.8) is 0 Å². The number of hydrogen-bond acceptors (Lipinski definition) is 4. The molecule has 28 heavy (non-hydrogen) atoms. The number of carbonyl (C=O) groups excluding carboxylic acids is 1. The lowest BCUT2D eigenvalue weighted by atomic mass is 9.93. The maximum Gasteiger partial charge on any atom is 0.419 e. The standard InChI is InChI=1S/C19H27F3N2O3.ClH/c1-24(18(26)7-6-14-8-10-23-11-9-14)12-15(25)13-27-17-5-3-2-4-16(17)19(20,21)22;/h2-5,14-15,23,25H,6-13H2,1H3;1H. The molecule has 9 heteroatoms. The maximum atomic E-state index is 12.9. The molecule has 1 atom stereocenters. The van der Waals surface area contributed by atoms with Crippen LogP contribution in [0.1, 0.15) is 31.2 Å². The molecule has 0 radical (unpaired) electrons. The van der Waals surface area contributed by atoms with Crippen molar-refractivity contribution in [1.82, 2.24) is 10.2 Å². The maximum absolute atomic E-state index is 12.9. The number of amides is 1. The molecule has 0 saturated carbocycles. The summed E-state index contributed by atoms with van der Waals surface area (Å²) in [6.07, 6.45) is -2.25. The SMILES string of the molecule is CN(CC(O)COc1ccccc1C(F)(F)F)C(=O)CCC1CCNCC1.Cl. The minimum absolute atomic E-state index is 0. The molecule has 2 rings (SSSR count). The third-order valence-corrected chi connectivity index (χ3v) is 4.76. The highest BCUT2D eigenvalue weighted by Crippen LogP contribution is 2.35. The molecule has 1 aromatic carbocycles. The Labute approximate surface area is 169 Å². The van der Waals surface area contributed by atoms with Crippen molar-refractivity contribution in [1.29, 1.82) is 0 Å². The molecule has 0 aromatic heterocycles. The number of aliphatic hydroxyl groups excluding tert-OH is 1. The first-order valence-electron chi connectivity index (χ1n) is 9.19. The van der Waals surface area contributed by atoms with E-state index >= 15 is 0 Å². The van der Waals surface area contributed by atoms with Crippen LogP contribution in [0.2, 0.25) is 0 Å². The second-order valence-electron chi connectivity index (χ2n) is 6.97. The van der Waals surface area contributed by atoms with E-state index in [9.17, 15) is 23.1 Å². The average molecular weight is 425 g/mol. The summed E-state index contributed by atoms with van der Waals surface area (Å²) in [6, 6.07) is 4.86. The number of ether oxygens (including phenoxy) is 1. The smallest absolute Gasteiger partial charge is 0.419 e. The summed E-state index contributed by atoms with van der Waals surface area (Å²) < 4.78 is 43.9. The number of benzene rings is 1. The number of nitrogens with one attached hydrogen (secondary N) is 1. The number of piperidine rings is 1. The first-order valence-corrected chi connectivity index (χ1v) is 9.19. The van der Waals surface area contributed by atoms with Gasteiger partial charge >= 0.3 is 6.18 Å². The Balaban J connectivity index is 0.00000392. The summed E-state index contributed by atoms with van der Waals surface area (Å²) in [7, 11) is 1.58. The summed E-state index contributed by atoms with van der Waals surface area (Å²) >= 11 is 0. The van der Waals surface area contributed by atoms with Crippen molar-refractivity contribution < 1.29 is 27.8 Å². The highest BCUT2D eigenvalue weighted by atomic mass is 35.5. The van der Waals surface area contributed by atoms with E-state index in [1.807, 2.05) is 0 Å². The Bertz CT molecular complexity index is 610. The molecule has 1 aromatic rings. The van der Waals surface area contributed by atoms with Crippen LogP contribution in [0, 0.1) is 5.92 Å². The van der Waals surface area contributed by atoms with Crippen LogP contribution < -0.4 is 10.1 Å². The minimum Gasteiger partial charge on any atom is -0.490 e. The topological polar surface area (TPSA) is 61.8 Å². The Morgan fingerprint density at radius 1 is 1.32 bits per heavy atom. The summed E-state index contributed by atoms with van der Waals surface area (Å²) in [5.74, 6) is 0.128. The van der Waals surface area contributed by atoms with Crippen LogP contribution in [-0.4, -0.2) is 55.3 Å². The van der Waals surface area contributed by atoms with E-state index in [4.69, 9.17) is 4.74 Å². The van der Waals surface area contributed by atoms with Gasteiger partial charge in [0.2, 0.25) is 5.91 Å². The molecule has 1 saturated heterocycles. The van der Waals surface area contributed by atoms with Crippen LogP contribution in [0.3, 0.4) is 0 Å². The Morgan fingerprint density at radius 3 is 2.61 bits per heavy atom. The number of carbonyl (C=O) groups is 1. The highest BCUT2D eigenvalue weighted by Gasteiger charge is 2.34. The Morgan fingerprint density at radius 2 is 1.96 bits per heavy atom. The minimum atomic E-state index is -4.52. The zero-order valence-corrected chi connectivity index (χ0v) is 16.7. The van der Waals surface area contributed by atoms with Crippen molar-refractivity contribution in [2.24, 2.45) is 5.92 Å². The normalized spacial score (nSPS) is 16.2. The zero-order valence-electron chi connectivity index (χ0n) is 15.9. The van der Waals surface area contributed by atoms with E-state index < -0.39 is 17.8 Å². The largest absolute Gasteiger partial charge is 0.490 e. The third-order valence-electron chi connectivity index (χ3n) is 4.76. The van der Waals surface area contributed by atoms with E-state index in [1.54, 1.807) is 7.05 Å². The van der Waals surface area contributed by atoms with Crippen molar-refractivity contribution >= 4 is 18.3 Å². The number of likely N-dealkylation sites (N-methyl/N-ethyl adjacent to an activating group) is 1. The molecule has 1 unspecified atom stereocenters. The quantitative estimate of drug-likeness (QED) is 0.673. The highest BCUT2D eigenvalue weighted by molar-refractivity contribution is 5.85. The molecule has 1 heterocycles. The zero-order chi connectivity index (χ0) is 19.9. The van der Waals surface area contributed by atoms with Crippen LogP contribution in [0.5, 0.6) is 5.75 Å². The van der Waals surface area contributed by atoms with Gasteiger partial charge in [-0.25, -0.2) is 0 Å². The van der Waals surface area contributed by atoms with Crippen LogP contribution >= 0.6 is 12.4 Å². The number of hydrogen-bond donors (Lipinski definition) is 2. The lowest BCUT2D eigenvalue weighted by molar-refractivity contribution is -0.139. The molecule has 160 valence electrons. The molecule has 5 nitrogen and oxygen atoms in total. The monoisotopic (exact) mass is 424 g/mol. The van der Waals surface area contributed by atoms with Crippen LogP contribution in [0.4, 0.5) is 13.2 Å². The lowest BCUT2D eigenvalue weighted by Gasteiger charge is -2.25. The van der Waals surface area contributed by atoms with Gasteiger partial charge in [0.05, 0.1) is 5.56 Å². The molecular formula is C19H28ClF3N2O3. The third kappa shape index (κ3) is 7.85. The van der Waals surface area contributed by atoms with E-state index in [0.717, 1.165) is 38.4 Å². The van der Waals surface area contributed by atoms with E-state index in [0.29, 0.717) is 12.3 Å². The van der Waals surface area contributed by atoms with Crippen molar-refractivity contribution in [2.45, 2.75) is 38.0 Å².